The van der Waals surface area contributed by atoms with Crippen molar-refractivity contribution in [2.75, 3.05) is 13.1 Å². The summed E-state index contributed by atoms with van der Waals surface area (Å²) in [6.45, 7) is 9.15. The molecule has 1 aromatic heterocycles. The van der Waals surface area contributed by atoms with E-state index in [1.165, 1.54) is 32.1 Å². The monoisotopic (exact) mass is 419 g/mol. The SMILES string of the molecule is CC1CN(C(=O)c2noc([C@H](CCCC3CCCCC3)CC(=O)OC(C)(C)C)n2)C1. The maximum atomic E-state index is 12.5. The van der Waals surface area contributed by atoms with Gasteiger partial charge in [-0.05, 0) is 39.0 Å². The van der Waals surface area contributed by atoms with Crippen LogP contribution in [-0.4, -0.2) is 45.6 Å². The number of rotatable bonds is 8. The van der Waals surface area contributed by atoms with Gasteiger partial charge >= 0.3 is 5.97 Å². The number of nitrogens with zero attached hydrogens (tertiary/aromatic N) is 3. The van der Waals surface area contributed by atoms with Crippen LogP contribution < -0.4 is 0 Å². The van der Waals surface area contributed by atoms with E-state index in [0.29, 0.717) is 11.8 Å². The van der Waals surface area contributed by atoms with Crippen molar-refractivity contribution in [2.24, 2.45) is 11.8 Å². The number of carbonyl (C=O) groups is 2. The van der Waals surface area contributed by atoms with Crippen molar-refractivity contribution in [3.05, 3.63) is 11.7 Å². The molecule has 0 spiro atoms. The molecule has 0 unspecified atom stereocenters. The third kappa shape index (κ3) is 6.54. The predicted molar refractivity (Wildman–Crippen MR) is 113 cm³/mol. The Hall–Kier alpha value is -1.92. The maximum Gasteiger partial charge on any atom is 0.307 e. The first-order valence-electron chi connectivity index (χ1n) is 11.6. The molecule has 0 N–H and O–H groups in total. The van der Waals surface area contributed by atoms with Crippen molar-refractivity contribution >= 4 is 11.9 Å². The van der Waals surface area contributed by atoms with Gasteiger partial charge in [-0.15, -0.1) is 0 Å². The normalized spacial score (nSPS) is 19.4. The first-order valence-corrected chi connectivity index (χ1v) is 11.6. The summed E-state index contributed by atoms with van der Waals surface area (Å²) in [5.41, 5.74) is -0.534. The summed E-state index contributed by atoms with van der Waals surface area (Å²) in [6.07, 6.45) is 9.78. The standard InChI is InChI=1S/C23H37N3O4/c1-16-14-26(15-16)22(28)20-24-21(30-25-20)18(13-19(27)29-23(2,3)4)12-8-11-17-9-6-5-7-10-17/h16-18H,5-15H2,1-4H3/t18-/m1/s1. The lowest BCUT2D eigenvalue weighted by Crippen LogP contribution is -2.48. The van der Waals surface area contributed by atoms with Crippen LogP contribution >= 0.6 is 0 Å². The van der Waals surface area contributed by atoms with Crippen LogP contribution in [0.4, 0.5) is 0 Å². The van der Waals surface area contributed by atoms with Gasteiger partial charge < -0.3 is 14.2 Å². The third-order valence-electron chi connectivity index (χ3n) is 6.06. The van der Waals surface area contributed by atoms with Crippen LogP contribution in [0.5, 0.6) is 0 Å². The molecule has 2 aliphatic rings. The van der Waals surface area contributed by atoms with Gasteiger partial charge in [-0.3, -0.25) is 9.59 Å². The van der Waals surface area contributed by atoms with Crippen molar-refractivity contribution in [1.29, 1.82) is 0 Å². The lowest BCUT2D eigenvalue weighted by atomic mass is 9.84. The highest BCUT2D eigenvalue weighted by atomic mass is 16.6. The fraction of sp³-hybridized carbons (Fsp3) is 0.826. The Labute approximate surface area is 179 Å². The zero-order chi connectivity index (χ0) is 21.7. The largest absolute Gasteiger partial charge is 0.460 e. The van der Waals surface area contributed by atoms with E-state index in [-0.39, 0.29) is 30.0 Å². The van der Waals surface area contributed by atoms with Crippen LogP contribution in [0, 0.1) is 11.8 Å². The molecule has 3 rings (SSSR count). The Morgan fingerprint density at radius 3 is 2.53 bits per heavy atom. The molecule has 30 heavy (non-hydrogen) atoms. The quantitative estimate of drug-likeness (QED) is 0.566. The fourth-order valence-electron chi connectivity index (χ4n) is 4.52. The summed E-state index contributed by atoms with van der Waals surface area (Å²) in [5.74, 6) is 1.09. The number of ether oxygens (including phenoxy) is 1. The second kappa shape index (κ2) is 9.92. The van der Waals surface area contributed by atoms with Gasteiger partial charge in [-0.25, -0.2) is 0 Å². The minimum absolute atomic E-state index is 0.0957. The summed E-state index contributed by atoms with van der Waals surface area (Å²) in [6, 6.07) is 0. The van der Waals surface area contributed by atoms with Crippen molar-refractivity contribution in [1.82, 2.24) is 15.0 Å². The molecular weight excluding hydrogens is 382 g/mol. The van der Waals surface area contributed by atoms with Gasteiger partial charge in [0.1, 0.15) is 5.60 Å². The van der Waals surface area contributed by atoms with Crippen LogP contribution in [0.2, 0.25) is 0 Å². The Bertz CT molecular complexity index is 712. The summed E-state index contributed by atoms with van der Waals surface area (Å²) in [7, 11) is 0. The van der Waals surface area contributed by atoms with Crippen LogP contribution in [0.1, 0.15) is 108 Å². The topological polar surface area (TPSA) is 85.5 Å². The number of esters is 1. The van der Waals surface area contributed by atoms with Gasteiger partial charge in [0.05, 0.1) is 6.42 Å². The van der Waals surface area contributed by atoms with Crippen molar-refractivity contribution in [3.63, 3.8) is 0 Å². The number of hydrogen-bond donors (Lipinski definition) is 0. The average molecular weight is 420 g/mol. The zero-order valence-electron chi connectivity index (χ0n) is 19.0. The van der Waals surface area contributed by atoms with Gasteiger partial charge in [0.2, 0.25) is 5.89 Å². The van der Waals surface area contributed by atoms with E-state index in [2.05, 4.69) is 17.1 Å². The van der Waals surface area contributed by atoms with Gasteiger partial charge in [-0.1, -0.05) is 57.0 Å². The summed E-state index contributed by atoms with van der Waals surface area (Å²) in [4.78, 5) is 31.1. The molecule has 1 aromatic rings. The van der Waals surface area contributed by atoms with E-state index in [4.69, 9.17) is 9.26 Å². The number of carbonyl (C=O) groups excluding carboxylic acids is 2. The predicted octanol–water partition coefficient (Wildman–Crippen LogP) is 4.73. The Kier molecular flexibility index (Phi) is 7.53. The second-order valence-corrected chi connectivity index (χ2v) is 10.2. The number of aromatic nitrogens is 2. The molecule has 2 heterocycles. The van der Waals surface area contributed by atoms with E-state index in [1.807, 2.05) is 20.8 Å². The van der Waals surface area contributed by atoms with E-state index in [1.54, 1.807) is 4.90 Å². The van der Waals surface area contributed by atoms with Gasteiger partial charge in [-0.2, -0.15) is 4.98 Å². The molecule has 0 bridgehead atoms. The van der Waals surface area contributed by atoms with E-state index in [0.717, 1.165) is 38.3 Å². The van der Waals surface area contributed by atoms with Crippen LogP contribution in [0.25, 0.3) is 0 Å². The van der Waals surface area contributed by atoms with E-state index in [9.17, 15) is 9.59 Å². The number of hydrogen-bond acceptors (Lipinski definition) is 6. The lowest BCUT2D eigenvalue weighted by Gasteiger charge is -2.36. The Morgan fingerprint density at radius 2 is 1.90 bits per heavy atom. The second-order valence-electron chi connectivity index (χ2n) is 10.2. The highest BCUT2D eigenvalue weighted by Crippen LogP contribution is 2.31. The number of likely N-dealkylation sites (tertiary alicyclic amines) is 1. The zero-order valence-corrected chi connectivity index (χ0v) is 19.0. The molecule has 1 saturated carbocycles. The first-order chi connectivity index (χ1) is 14.2. The smallest absolute Gasteiger partial charge is 0.307 e. The third-order valence-corrected chi connectivity index (χ3v) is 6.06. The molecule has 1 aliphatic heterocycles. The van der Waals surface area contributed by atoms with E-state index >= 15 is 0 Å². The Morgan fingerprint density at radius 1 is 1.20 bits per heavy atom. The van der Waals surface area contributed by atoms with E-state index < -0.39 is 5.60 Å². The van der Waals surface area contributed by atoms with Gasteiger partial charge in [0.15, 0.2) is 0 Å². The van der Waals surface area contributed by atoms with Crippen LogP contribution in [-0.2, 0) is 9.53 Å². The lowest BCUT2D eigenvalue weighted by molar-refractivity contribution is -0.155. The van der Waals surface area contributed by atoms with Crippen LogP contribution in [0.3, 0.4) is 0 Å². The molecule has 1 aliphatic carbocycles. The summed E-state index contributed by atoms with van der Waals surface area (Å²) >= 11 is 0. The minimum Gasteiger partial charge on any atom is -0.460 e. The molecule has 1 saturated heterocycles. The molecule has 0 aromatic carbocycles. The molecule has 2 fully saturated rings. The van der Waals surface area contributed by atoms with Gasteiger partial charge in [0, 0.05) is 19.0 Å². The van der Waals surface area contributed by atoms with Crippen molar-refractivity contribution < 1.29 is 18.8 Å². The molecule has 168 valence electrons. The highest BCUT2D eigenvalue weighted by Gasteiger charge is 2.32. The minimum atomic E-state index is -0.534. The Balaban J connectivity index is 1.62. The van der Waals surface area contributed by atoms with Crippen LogP contribution in [0.15, 0.2) is 4.52 Å². The number of amides is 1. The summed E-state index contributed by atoms with van der Waals surface area (Å²) < 4.78 is 11.0. The van der Waals surface area contributed by atoms with Crippen molar-refractivity contribution in [2.45, 2.75) is 97.0 Å². The van der Waals surface area contributed by atoms with Gasteiger partial charge in [0.25, 0.3) is 11.7 Å². The average Bonchev–Trinajstić information content (AvgIpc) is 3.14. The molecular formula is C23H37N3O4. The summed E-state index contributed by atoms with van der Waals surface area (Å²) in [5, 5.41) is 3.92. The molecule has 7 heteroatoms. The maximum absolute atomic E-state index is 12.5. The van der Waals surface area contributed by atoms with Crippen molar-refractivity contribution in [3.8, 4) is 0 Å². The molecule has 1 amide bonds. The highest BCUT2D eigenvalue weighted by molar-refractivity contribution is 5.90. The molecule has 1 atom stereocenters. The fourth-order valence-corrected chi connectivity index (χ4v) is 4.52. The molecule has 0 radical (unpaired) electrons. The first kappa shape index (κ1) is 22.8. The molecule has 7 nitrogen and oxygen atoms in total.